The number of carbonyl (C=O) groups excluding carboxylic acids is 1. The van der Waals surface area contributed by atoms with Gasteiger partial charge in [-0.25, -0.2) is 4.39 Å². The van der Waals surface area contributed by atoms with Crippen molar-refractivity contribution in [1.29, 1.82) is 5.26 Å². The molecule has 102 valence electrons. The normalized spacial score (nSPS) is 16.2. The molecule has 3 nitrogen and oxygen atoms in total. The highest BCUT2D eigenvalue weighted by Crippen LogP contribution is 2.30. The number of nitriles is 1. The van der Waals surface area contributed by atoms with Gasteiger partial charge < -0.3 is 0 Å². The number of fused-ring (bicyclic) bond motifs is 1. The molecule has 0 saturated heterocycles. The molecular weight excluding hydrogens is 267 g/mol. The van der Waals surface area contributed by atoms with Crippen LogP contribution in [0.3, 0.4) is 0 Å². The molecule has 3 rings (SSSR count). The van der Waals surface area contributed by atoms with E-state index in [2.05, 4.69) is 6.07 Å². The first-order valence-electron chi connectivity index (χ1n) is 6.45. The molecule has 0 fully saturated rings. The van der Waals surface area contributed by atoms with Crippen molar-refractivity contribution >= 4 is 12.0 Å². The van der Waals surface area contributed by atoms with Crippen molar-refractivity contribution in [3.63, 3.8) is 0 Å². The molecule has 0 saturated carbocycles. The summed E-state index contributed by atoms with van der Waals surface area (Å²) in [5, 5.41) is 9.41. The van der Waals surface area contributed by atoms with Crippen LogP contribution < -0.4 is 0 Å². The maximum atomic E-state index is 12.9. The zero-order chi connectivity index (χ0) is 14.8. The van der Waals surface area contributed by atoms with Crippen molar-refractivity contribution in [3.05, 3.63) is 77.2 Å². The molecule has 0 radical (unpaired) electrons. The van der Waals surface area contributed by atoms with Crippen LogP contribution >= 0.6 is 0 Å². The molecule has 0 bridgehead atoms. The van der Waals surface area contributed by atoms with Gasteiger partial charge >= 0.3 is 0 Å². The summed E-state index contributed by atoms with van der Waals surface area (Å²) in [6.07, 6.45) is 3.40. The lowest BCUT2D eigenvalue weighted by Crippen LogP contribution is -2.31. The molecule has 2 aromatic carbocycles. The van der Waals surface area contributed by atoms with Crippen LogP contribution in [0, 0.1) is 17.1 Å². The van der Waals surface area contributed by atoms with E-state index >= 15 is 0 Å². The van der Waals surface area contributed by atoms with E-state index in [0.717, 1.165) is 11.1 Å². The zero-order valence-corrected chi connectivity index (χ0v) is 11.0. The van der Waals surface area contributed by atoms with Crippen LogP contribution in [0.15, 0.2) is 54.7 Å². The Labute approximate surface area is 121 Å². The molecule has 4 heteroatoms. The monoisotopic (exact) mass is 278 g/mol. The predicted octanol–water partition coefficient (Wildman–Crippen LogP) is 3.52. The molecule has 0 aromatic heterocycles. The number of halogens is 1. The van der Waals surface area contributed by atoms with E-state index in [-0.39, 0.29) is 5.91 Å². The van der Waals surface area contributed by atoms with E-state index < -0.39 is 11.9 Å². The topological polar surface area (TPSA) is 44.1 Å². The summed E-state index contributed by atoms with van der Waals surface area (Å²) in [7, 11) is 0. The van der Waals surface area contributed by atoms with Gasteiger partial charge in [-0.1, -0.05) is 24.3 Å². The SMILES string of the molecule is N#C[C@H]1c2ccccc2C=CN1C(=O)c1ccc(F)cc1. The molecule has 0 N–H and O–H groups in total. The minimum Gasteiger partial charge on any atom is -0.294 e. The predicted molar refractivity (Wildman–Crippen MR) is 76.4 cm³/mol. The van der Waals surface area contributed by atoms with E-state index in [1.807, 2.05) is 24.3 Å². The second-order valence-electron chi connectivity index (χ2n) is 4.70. The molecule has 1 aliphatic heterocycles. The van der Waals surface area contributed by atoms with Crippen molar-refractivity contribution in [3.8, 4) is 6.07 Å². The Balaban J connectivity index is 1.98. The summed E-state index contributed by atoms with van der Waals surface area (Å²) < 4.78 is 12.9. The van der Waals surface area contributed by atoms with Gasteiger partial charge in [-0.15, -0.1) is 0 Å². The lowest BCUT2D eigenvalue weighted by atomic mass is 9.96. The maximum absolute atomic E-state index is 12.9. The number of amides is 1. The minimum atomic E-state index is -0.677. The Hall–Kier alpha value is -2.93. The number of rotatable bonds is 1. The fourth-order valence-corrected chi connectivity index (χ4v) is 2.37. The average Bonchev–Trinajstić information content (AvgIpc) is 2.53. The number of benzene rings is 2. The van der Waals surface area contributed by atoms with Gasteiger partial charge in [0.15, 0.2) is 0 Å². The number of hydrogen-bond donors (Lipinski definition) is 0. The van der Waals surface area contributed by atoms with Gasteiger partial charge in [0.1, 0.15) is 11.9 Å². The van der Waals surface area contributed by atoms with Gasteiger partial charge in [0.05, 0.1) is 6.07 Å². The van der Waals surface area contributed by atoms with Gasteiger partial charge in [0, 0.05) is 11.8 Å². The van der Waals surface area contributed by atoms with Gasteiger partial charge in [0.2, 0.25) is 0 Å². The molecule has 1 atom stereocenters. The summed E-state index contributed by atoms with van der Waals surface area (Å²) in [5.41, 5.74) is 2.06. The first-order chi connectivity index (χ1) is 10.2. The van der Waals surface area contributed by atoms with Crippen LogP contribution in [-0.4, -0.2) is 10.8 Å². The van der Waals surface area contributed by atoms with E-state index in [1.165, 1.54) is 29.2 Å². The lowest BCUT2D eigenvalue weighted by molar-refractivity contribution is 0.0794. The Kier molecular flexibility index (Phi) is 3.25. The Morgan fingerprint density at radius 2 is 1.86 bits per heavy atom. The first kappa shape index (κ1) is 13.1. The van der Waals surface area contributed by atoms with Crippen LogP contribution in [-0.2, 0) is 0 Å². The average molecular weight is 278 g/mol. The summed E-state index contributed by atoms with van der Waals surface area (Å²) in [6.45, 7) is 0. The molecule has 2 aromatic rings. The Morgan fingerprint density at radius 1 is 1.14 bits per heavy atom. The quantitative estimate of drug-likeness (QED) is 0.801. The third kappa shape index (κ3) is 2.30. The van der Waals surface area contributed by atoms with E-state index in [0.29, 0.717) is 5.56 Å². The number of nitrogens with zero attached hydrogens (tertiary/aromatic N) is 2. The van der Waals surface area contributed by atoms with Crippen molar-refractivity contribution in [1.82, 2.24) is 4.90 Å². The zero-order valence-electron chi connectivity index (χ0n) is 11.0. The largest absolute Gasteiger partial charge is 0.294 e. The van der Waals surface area contributed by atoms with Gasteiger partial charge in [-0.05, 0) is 41.5 Å². The summed E-state index contributed by atoms with van der Waals surface area (Å²) >= 11 is 0. The number of carbonyl (C=O) groups is 1. The van der Waals surface area contributed by atoms with Crippen molar-refractivity contribution in [2.75, 3.05) is 0 Å². The lowest BCUT2D eigenvalue weighted by Gasteiger charge is -2.28. The summed E-state index contributed by atoms with van der Waals surface area (Å²) in [4.78, 5) is 13.9. The van der Waals surface area contributed by atoms with Crippen molar-refractivity contribution in [2.24, 2.45) is 0 Å². The minimum absolute atomic E-state index is 0.327. The second kappa shape index (κ2) is 5.22. The van der Waals surface area contributed by atoms with Gasteiger partial charge in [0.25, 0.3) is 5.91 Å². The molecule has 1 heterocycles. The fourth-order valence-electron chi connectivity index (χ4n) is 2.37. The first-order valence-corrected chi connectivity index (χ1v) is 6.45. The highest BCUT2D eigenvalue weighted by Gasteiger charge is 2.28. The summed E-state index contributed by atoms with van der Waals surface area (Å²) in [5.74, 6) is -0.727. The Morgan fingerprint density at radius 3 is 2.57 bits per heavy atom. The standard InChI is InChI=1S/C17H11FN2O/c18-14-7-5-13(6-8-14)17(21)20-10-9-12-3-1-2-4-15(12)16(20)11-19/h1-10,16H/t16-/m0/s1. The molecule has 0 unspecified atom stereocenters. The molecule has 1 aliphatic rings. The maximum Gasteiger partial charge on any atom is 0.259 e. The summed E-state index contributed by atoms with van der Waals surface area (Å²) in [6, 6.07) is 14.2. The van der Waals surface area contributed by atoms with Crippen molar-refractivity contribution < 1.29 is 9.18 Å². The van der Waals surface area contributed by atoms with Crippen molar-refractivity contribution in [2.45, 2.75) is 6.04 Å². The third-order valence-electron chi connectivity index (χ3n) is 3.43. The van der Waals surface area contributed by atoms with E-state index in [9.17, 15) is 14.4 Å². The van der Waals surface area contributed by atoms with Crippen LogP contribution in [0.25, 0.3) is 6.08 Å². The highest BCUT2D eigenvalue weighted by molar-refractivity contribution is 5.96. The van der Waals surface area contributed by atoms with Gasteiger partial charge in [-0.2, -0.15) is 5.26 Å². The molecule has 1 amide bonds. The second-order valence-corrected chi connectivity index (χ2v) is 4.70. The molecule has 0 spiro atoms. The van der Waals surface area contributed by atoms with Crippen LogP contribution in [0.1, 0.15) is 27.5 Å². The fraction of sp³-hybridized carbons (Fsp3) is 0.0588. The number of hydrogen-bond acceptors (Lipinski definition) is 2. The molecular formula is C17H11FN2O. The van der Waals surface area contributed by atoms with E-state index in [1.54, 1.807) is 12.3 Å². The van der Waals surface area contributed by atoms with Crippen LogP contribution in [0.5, 0.6) is 0 Å². The third-order valence-corrected chi connectivity index (χ3v) is 3.43. The smallest absolute Gasteiger partial charge is 0.259 e. The van der Waals surface area contributed by atoms with Gasteiger partial charge in [-0.3, -0.25) is 9.69 Å². The Bertz CT molecular complexity index is 759. The molecule has 21 heavy (non-hydrogen) atoms. The molecule has 0 aliphatic carbocycles. The van der Waals surface area contributed by atoms with Crippen LogP contribution in [0.2, 0.25) is 0 Å². The highest BCUT2D eigenvalue weighted by atomic mass is 19.1. The van der Waals surface area contributed by atoms with Crippen LogP contribution in [0.4, 0.5) is 4.39 Å². The van der Waals surface area contributed by atoms with E-state index in [4.69, 9.17) is 0 Å².